The molecule has 1 aromatic heterocycles. The lowest BCUT2D eigenvalue weighted by atomic mass is 10.1. The number of piperazine rings is 1. The molecular formula is C16H20BrN5O5. The van der Waals surface area contributed by atoms with Crippen molar-refractivity contribution in [3.63, 3.8) is 0 Å². The van der Waals surface area contributed by atoms with Crippen LogP contribution in [0.25, 0.3) is 0 Å². The zero-order valence-corrected chi connectivity index (χ0v) is 16.8. The van der Waals surface area contributed by atoms with E-state index >= 15 is 0 Å². The fourth-order valence-corrected chi connectivity index (χ4v) is 3.32. The maximum absolute atomic E-state index is 12.3. The third kappa shape index (κ3) is 4.64. The number of amides is 1. The van der Waals surface area contributed by atoms with Crippen molar-refractivity contribution in [2.24, 2.45) is 0 Å². The molecule has 0 radical (unpaired) electrons. The zero-order valence-electron chi connectivity index (χ0n) is 15.2. The molecule has 10 nitrogen and oxygen atoms in total. The zero-order chi connectivity index (χ0) is 20.4. The highest BCUT2D eigenvalue weighted by Gasteiger charge is 2.34. The molecule has 1 aliphatic heterocycles. The fourth-order valence-electron chi connectivity index (χ4n) is 2.70. The average Bonchev–Trinajstić information content (AvgIpc) is 2.59. The van der Waals surface area contributed by atoms with Crippen molar-refractivity contribution >= 4 is 33.5 Å². The van der Waals surface area contributed by atoms with Gasteiger partial charge in [-0.1, -0.05) is 0 Å². The Morgan fingerprint density at radius 3 is 2.74 bits per heavy atom. The first-order valence-corrected chi connectivity index (χ1v) is 8.96. The lowest BCUT2D eigenvalue weighted by Crippen LogP contribution is -2.57. The van der Waals surface area contributed by atoms with Gasteiger partial charge in [0, 0.05) is 19.6 Å². The van der Waals surface area contributed by atoms with Gasteiger partial charge in [0.05, 0.1) is 22.0 Å². The lowest BCUT2D eigenvalue weighted by Gasteiger charge is -2.41. The number of pyridine rings is 1. The summed E-state index contributed by atoms with van der Waals surface area (Å²) >= 11 is 3.22. The van der Waals surface area contributed by atoms with Gasteiger partial charge >= 0.3 is 11.8 Å². The maximum Gasteiger partial charge on any atom is 0.410 e. The van der Waals surface area contributed by atoms with Crippen LogP contribution in [0.1, 0.15) is 26.3 Å². The summed E-state index contributed by atoms with van der Waals surface area (Å²) in [6, 6.07) is 1.31. The van der Waals surface area contributed by atoms with Crippen LogP contribution in [0.15, 0.2) is 10.7 Å². The number of rotatable bonds is 3. The highest BCUT2D eigenvalue weighted by molar-refractivity contribution is 9.10. The molecule has 1 atom stereocenters. The van der Waals surface area contributed by atoms with Gasteiger partial charge in [-0.15, -0.1) is 0 Å². The second kappa shape index (κ2) is 8.06. The van der Waals surface area contributed by atoms with Crippen molar-refractivity contribution in [2.75, 3.05) is 31.1 Å². The molecule has 2 rings (SSSR count). The number of hydrogen-bond acceptors (Lipinski definition) is 8. The smallest absolute Gasteiger partial charge is 0.410 e. The summed E-state index contributed by atoms with van der Waals surface area (Å²) in [5, 5.41) is 30.1. The molecule has 0 aliphatic carbocycles. The average molecular weight is 442 g/mol. The monoisotopic (exact) mass is 441 g/mol. The molecule has 2 heterocycles. The standard InChI is InChI=1S/C16H20BrN5O5/c1-16(2,3)27-15(24)20-4-5-21(10(8-20)9-23)14-13(17)11(6-18)12(7-19-14)22(25)26/h7,10,23H,4-5,8-9H2,1-3H3/t10-/m0/s1. The summed E-state index contributed by atoms with van der Waals surface area (Å²) in [5.41, 5.74) is -1.18. The van der Waals surface area contributed by atoms with Gasteiger partial charge < -0.3 is 19.6 Å². The van der Waals surface area contributed by atoms with Crippen molar-refractivity contribution < 1.29 is 19.6 Å². The van der Waals surface area contributed by atoms with Gasteiger partial charge in [-0.3, -0.25) is 10.1 Å². The van der Waals surface area contributed by atoms with E-state index in [0.29, 0.717) is 18.9 Å². The molecule has 146 valence electrons. The predicted octanol–water partition coefficient (Wildman–Crippen LogP) is 2.04. The summed E-state index contributed by atoms with van der Waals surface area (Å²) in [6.45, 7) is 5.87. The van der Waals surface area contributed by atoms with Gasteiger partial charge in [0.15, 0.2) is 0 Å². The molecule has 1 N–H and O–H groups in total. The Hall–Kier alpha value is -2.45. The van der Waals surface area contributed by atoms with E-state index in [4.69, 9.17) is 4.74 Å². The number of anilines is 1. The molecular weight excluding hydrogens is 422 g/mol. The van der Waals surface area contributed by atoms with E-state index in [2.05, 4.69) is 20.9 Å². The molecule has 0 unspecified atom stereocenters. The molecule has 0 spiro atoms. The number of aliphatic hydroxyl groups excluding tert-OH is 1. The number of aliphatic hydroxyl groups is 1. The molecule has 1 aromatic rings. The Morgan fingerprint density at radius 2 is 2.22 bits per heavy atom. The molecule has 27 heavy (non-hydrogen) atoms. The SMILES string of the molecule is CC(C)(C)OC(=O)N1CCN(c2ncc([N+](=O)[O-])c(C#N)c2Br)[C@H](CO)C1. The fraction of sp³-hybridized carbons (Fsp3) is 0.562. The largest absolute Gasteiger partial charge is 0.444 e. The van der Waals surface area contributed by atoms with Gasteiger partial charge in [-0.2, -0.15) is 5.26 Å². The molecule has 0 saturated carbocycles. The Morgan fingerprint density at radius 1 is 1.56 bits per heavy atom. The Bertz CT molecular complexity index is 789. The van der Waals surface area contributed by atoms with Crippen LogP contribution < -0.4 is 4.90 Å². The van der Waals surface area contributed by atoms with Crippen LogP contribution in [0.4, 0.5) is 16.3 Å². The van der Waals surface area contributed by atoms with Crippen LogP contribution in [0.5, 0.6) is 0 Å². The van der Waals surface area contributed by atoms with Gasteiger partial charge in [0.25, 0.3) is 0 Å². The number of nitriles is 1. The van der Waals surface area contributed by atoms with Crippen molar-refractivity contribution in [3.05, 3.63) is 26.3 Å². The first-order valence-electron chi connectivity index (χ1n) is 8.17. The van der Waals surface area contributed by atoms with E-state index in [1.165, 1.54) is 4.90 Å². The molecule has 0 aromatic carbocycles. The van der Waals surface area contributed by atoms with E-state index in [-0.39, 0.29) is 23.2 Å². The summed E-state index contributed by atoms with van der Waals surface area (Å²) in [7, 11) is 0. The summed E-state index contributed by atoms with van der Waals surface area (Å²) in [6.07, 6.45) is 0.543. The number of hydrogen-bond donors (Lipinski definition) is 1. The van der Waals surface area contributed by atoms with Gasteiger partial charge in [-0.05, 0) is 36.7 Å². The van der Waals surface area contributed by atoms with E-state index < -0.39 is 28.3 Å². The summed E-state index contributed by atoms with van der Waals surface area (Å²) < 4.78 is 5.54. The van der Waals surface area contributed by atoms with E-state index in [1.54, 1.807) is 25.7 Å². The number of carbonyl (C=O) groups is 1. The molecule has 1 saturated heterocycles. The van der Waals surface area contributed by atoms with E-state index in [9.17, 15) is 25.3 Å². The van der Waals surface area contributed by atoms with Crippen LogP contribution in [-0.4, -0.2) is 63.9 Å². The maximum atomic E-state index is 12.3. The van der Waals surface area contributed by atoms with Crippen LogP contribution >= 0.6 is 15.9 Å². The van der Waals surface area contributed by atoms with Crippen LogP contribution in [0.3, 0.4) is 0 Å². The van der Waals surface area contributed by atoms with Crippen molar-refractivity contribution in [3.8, 4) is 6.07 Å². The Labute approximate surface area is 164 Å². The molecule has 1 fully saturated rings. The first kappa shape index (κ1) is 20.9. The van der Waals surface area contributed by atoms with E-state index in [0.717, 1.165) is 6.20 Å². The third-order valence-electron chi connectivity index (χ3n) is 3.91. The second-order valence-electron chi connectivity index (χ2n) is 6.98. The molecule has 11 heteroatoms. The highest BCUT2D eigenvalue weighted by Crippen LogP contribution is 2.34. The normalized spacial score (nSPS) is 17.4. The minimum atomic E-state index is -0.677. The van der Waals surface area contributed by atoms with Crippen LogP contribution in [0, 0.1) is 21.4 Å². The Kier molecular flexibility index (Phi) is 6.22. The van der Waals surface area contributed by atoms with Crippen LogP contribution in [0.2, 0.25) is 0 Å². The number of aromatic nitrogens is 1. The Balaban J connectivity index is 2.27. The van der Waals surface area contributed by atoms with Crippen molar-refractivity contribution in [2.45, 2.75) is 32.4 Å². The quantitative estimate of drug-likeness (QED) is 0.556. The van der Waals surface area contributed by atoms with Gasteiger partial charge in [0.1, 0.15) is 29.2 Å². The summed E-state index contributed by atoms with van der Waals surface area (Å²) in [4.78, 5) is 30.0. The number of nitrogens with zero attached hydrogens (tertiary/aromatic N) is 5. The molecule has 1 aliphatic rings. The van der Waals surface area contributed by atoms with Gasteiger partial charge in [0.2, 0.25) is 0 Å². The number of halogens is 1. The second-order valence-corrected chi connectivity index (χ2v) is 7.77. The van der Waals surface area contributed by atoms with Crippen molar-refractivity contribution in [1.29, 1.82) is 5.26 Å². The molecule has 1 amide bonds. The highest BCUT2D eigenvalue weighted by atomic mass is 79.9. The third-order valence-corrected chi connectivity index (χ3v) is 4.66. The summed E-state index contributed by atoms with van der Waals surface area (Å²) in [5.74, 6) is 0.306. The lowest BCUT2D eigenvalue weighted by molar-refractivity contribution is -0.385. The van der Waals surface area contributed by atoms with E-state index in [1.807, 2.05) is 6.07 Å². The minimum absolute atomic E-state index is 0.142. The number of ether oxygens (including phenoxy) is 1. The predicted molar refractivity (Wildman–Crippen MR) is 99.3 cm³/mol. The topological polar surface area (TPSA) is 133 Å². The van der Waals surface area contributed by atoms with Crippen LogP contribution in [-0.2, 0) is 4.74 Å². The first-order chi connectivity index (χ1) is 12.6. The van der Waals surface area contributed by atoms with Gasteiger partial charge in [-0.25, -0.2) is 9.78 Å². The number of nitro groups is 1. The number of carbonyl (C=O) groups excluding carboxylic acids is 1. The minimum Gasteiger partial charge on any atom is -0.444 e. The molecule has 0 bridgehead atoms. The van der Waals surface area contributed by atoms with Crippen molar-refractivity contribution in [1.82, 2.24) is 9.88 Å².